The maximum Gasteiger partial charge on any atom is 0.339 e. The molecule has 2 N–H and O–H groups in total. The highest BCUT2D eigenvalue weighted by molar-refractivity contribution is 9.10. The molecule has 0 aliphatic carbocycles. The van der Waals surface area contributed by atoms with Gasteiger partial charge in [-0.15, -0.1) is 0 Å². The van der Waals surface area contributed by atoms with Crippen LogP contribution in [-0.2, 0) is 14.9 Å². The maximum atomic E-state index is 12.4. The Labute approximate surface area is 168 Å². The molecule has 27 heavy (non-hydrogen) atoms. The molecule has 1 amide bonds. The number of thioether (sulfide) groups is 1. The van der Waals surface area contributed by atoms with Crippen LogP contribution in [0, 0.1) is 0 Å². The Kier molecular flexibility index (Phi) is 5.59. The lowest BCUT2D eigenvalue weighted by molar-refractivity contribution is -0.113. The number of rotatable bonds is 5. The highest BCUT2D eigenvalue weighted by Gasteiger charge is 2.21. The van der Waals surface area contributed by atoms with Gasteiger partial charge in [0.25, 0.3) is 5.91 Å². The second kappa shape index (κ2) is 7.75. The minimum atomic E-state index is -4.01. The normalized spacial score (nSPS) is 15.7. The van der Waals surface area contributed by atoms with E-state index in [0.29, 0.717) is 20.7 Å². The van der Waals surface area contributed by atoms with Gasteiger partial charge in [0.05, 0.1) is 16.5 Å². The Morgan fingerprint density at radius 3 is 2.44 bits per heavy atom. The van der Waals surface area contributed by atoms with Crippen molar-refractivity contribution in [3.8, 4) is 11.5 Å². The van der Waals surface area contributed by atoms with Gasteiger partial charge in [-0.25, -0.2) is 0 Å². The number of aliphatic imine (C=N–C) groups is 1. The highest BCUT2D eigenvalue weighted by atomic mass is 79.9. The molecule has 0 aromatic heterocycles. The van der Waals surface area contributed by atoms with Crippen LogP contribution in [0.2, 0.25) is 0 Å². The smallest absolute Gasteiger partial charge is 0.339 e. The van der Waals surface area contributed by atoms with Crippen LogP contribution in [0.4, 0.5) is 0 Å². The van der Waals surface area contributed by atoms with E-state index in [1.165, 1.54) is 37.4 Å². The molecule has 0 spiro atoms. The molecule has 1 aliphatic rings. The van der Waals surface area contributed by atoms with Crippen molar-refractivity contribution in [2.24, 2.45) is 10.7 Å². The number of hydrogen-bond donors (Lipinski definition) is 1. The molecule has 1 heterocycles. The molecule has 1 aliphatic heterocycles. The van der Waals surface area contributed by atoms with Crippen LogP contribution in [0.5, 0.6) is 11.5 Å². The SMILES string of the molecule is COc1ccc(S(=O)(=O)Oc2ccc(C=C3SC(N)=NC3=O)cc2Br)cc1. The lowest BCUT2D eigenvalue weighted by Crippen LogP contribution is -2.10. The number of nitrogens with zero attached hydrogens (tertiary/aromatic N) is 1. The topological polar surface area (TPSA) is 108 Å². The molecule has 0 unspecified atom stereocenters. The van der Waals surface area contributed by atoms with E-state index in [9.17, 15) is 13.2 Å². The average molecular weight is 469 g/mol. The van der Waals surface area contributed by atoms with Gasteiger partial charge in [0.2, 0.25) is 0 Å². The predicted molar refractivity (Wildman–Crippen MR) is 107 cm³/mol. The van der Waals surface area contributed by atoms with E-state index in [-0.39, 0.29) is 15.8 Å². The number of carbonyl (C=O) groups excluding carboxylic acids is 1. The summed E-state index contributed by atoms with van der Waals surface area (Å²) in [5.41, 5.74) is 6.18. The second-order valence-corrected chi connectivity index (χ2v) is 8.73. The first kappa shape index (κ1) is 19.5. The molecule has 3 rings (SSSR count). The highest BCUT2D eigenvalue weighted by Crippen LogP contribution is 2.32. The van der Waals surface area contributed by atoms with Crippen LogP contribution in [0.3, 0.4) is 0 Å². The number of halogens is 1. The molecular formula is C17H13BrN2O5S2. The predicted octanol–water partition coefficient (Wildman–Crippen LogP) is 3.15. The molecule has 0 saturated heterocycles. The Balaban J connectivity index is 1.81. The molecule has 0 radical (unpaired) electrons. The average Bonchev–Trinajstić information content (AvgIpc) is 2.94. The summed E-state index contributed by atoms with van der Waals surface area (Å²) in [4.78, 5) is 15.7. The van der Waals surface area contributed by atoms with Crippen molar-refractivity contribution in [3.63, 3.8) is 0 Å². The summed E-state index contributed by atoms with van der Waals surface area (Å²) >= 11 is 4.36. The largest absolute Gasteiger partial charge is 0.497 e. The zero-order chi connectivity index (χ0) is 19.6. The number of methoxy groups -OCH3 is 1. The van der Waals surface area contributed by atoms with Crippen LogP contribution in [-0.4, -0.2) is 26.6 Å². The van der Waals surface area contributed by atoms with E-state index >= 15 is 0 Å². The molecule has 0 atom stereocenters. The van der Waals surface area contributed by atoms with Crippen LogP contribution in [0.25, 0.3) is 6.08 Å². The number of carbonyl (C=O) groups is 1. The fourth-order valence-electron chi connectivity index (χ4n) is 2.16. The van der Waals surface area contributed by atoms with Gasteiger partial charge in [-0.1, -0.05) is 6.07 Å². The first-order valence-electron chi connectivity index (χ1n) is 7.44. The molecule has 2 aromatic carbocycles. The number of amidine groups is 1. The third-order valence-corrected chi connectivity index (χ3v) is 6.12. The third kappa shape index (κ3) is 4.52. The Morgan fingerprint density at radius 2 is 1.89 bits per heavy atom. The molecular weight excluding hydrogens is 456 g/mol. The van der Waals surface area contributed by atoms with Crippen LogP contribution < -0.4 is 14.7 Å². The van der Waals surface area contributed by atoms with Crippen molar-refractivity contribution in [2.75, 3.05) is 7.11 Å². The number of ether oxygens (including phenoxy) is 1. The second-order valence-electron chi connectivity index (χ2n) is 5.27. The molecule has 140 valence electrons. The Morgan fingerprint density at radius 1 is 1.19 bits per heavy atom. The van der Waals surface area contributed by atoms with Gasteiger partial charge in [0, 0.05) is 0 Å². The summed E-state index contributed by atoms with van der Waals surface area (Å²) in [7, 11) is -2.51. The summed E-state index contributed by atoms with van der Waals surface area (Å²) in [5, 5.41) is 0.191. The van der Waals surface area contributed by atoms with Crippen molar-refractivity contribution >= 4 is 55.0 Å². The lowest BCUT2D eigenvalue weighted by Gasteiger charge is -2.10. The Hall–Kier alpha value is -2.30. The third-order valence-electron chi connectivity index (χ3n) is 3.44. The first-order valence-corrected chi connectivity index (χ1v) is 10.5. The van der Waals surface area contributed by atoms with E-state index in [4.69, 9.17) is 14.7 Å². The molecule has 7 nitrogen and oxygen atoms in total. The van der Waals surface area contributed by atoms with Gasteiger partial charge in [-0.05, 0) is 75.7 Å². The Bertz CT molecular complexity index is 1060. The van der Waals surface area contributed by atoms with Gasteiger partial charge < -0.3 is 14.7 Å². The van der Waals surface area contributed by atoms with Gasteiger partial charge in [-0.3, -0.25) is 4.79 Å². The minimum absolute atomic E-state index is 0.00182. The quantitative estimate of drug-likeness (QED) is 0.530. The monoisotopic (exact) mass is 468 g/mol. The van der Waals surface area contributed by atoms with E-state index in [1.54, 1.807) is 18.2 Å². The minimum Gasteiger partial charge on any atom is -0.497 e. The van der Waals surface area contributed by atoms with Crippen LogP contribution in [0.1, 0.15) is 5.56 Å². The van der Waals surface area contributed by atoms with Crippen molar-refractivity contribution in [1.82, 2.24) is 0 Å². The standard InChI is InChI=1S/C17H13BrN2O5S2/c1-24-11-3-5-12(6-4-11)27(22,23)25-14-7-2-10(8-13(14)18)9-15-16(21)20-17(19)26-15/h2-9H,1H3,(H2,19,20,21). The summed E-state index contributed by atoms with van der Waals surface area (Å²) < 4.78 is 35.5. The van der Waals surface area contributed by atoms with Crippen molar-refractivity contribution in [1.29, 1.82) is 0 Å². The zero-order valence-corrected chi connectivity index (χ0v) is 17.1. The van der Waals surface area contributed by atoms with E-state index < -0.39 is 16.0 Å². The summed E-state index contributed by atoms with van der Waals surface area (Å²) in [5.74, 6) is 0.252. The van der Waals surface area contributed by atoms with Crippen LogP contribution >= 0.6 is 27.7 Å². The number of benzene rings is 2. The number of hydrogen-bond acceptors (Lipinski definition) is 7. The summed E-state index contributed by atoms with van der Waals surface area (Å²) in [6, 6.07) is 10.6. The van der Waals surface area contributed by atoms with Gasteiger partial charge in [-0.2, -0.15) is 13.4 Å². The molecule has 2 aromatic rings. The summed E-state index contributed by atoms with van der Waals surface area (Å²) in [6.45, 7) is 0. The van der Waals surface area contributed by atoms with Gasteiger partial charge in [0.15, 0.2) is 10.9 Å². The molecule has 0 saturated carbocycles. The zero-order valence-electron chi connectivity index (χ0n) is 13.9. The first-order chi connectivity index (χ1) is 12.8. The van der Waals surface area contributed by atoms with Crippen molar-refractivity contribution < 1.29 is 22.1 Å². The van der Waals surface area contributed by atoms with Gasteiger partial charge >= 0.3 is 10.1 Å². The van der Waals surface area contributed by atoms with Crippen LogP contribution in [0.15, 0.2) is 61.7 Å². The maximum absolute atomic E-state index is 12.4. The fraction of sp³-hybridized carbons (Fsp3) is 0.0588. The summed E-state index contributed by atoms with van der Waals surface area (Å²) in [6.07, 6.45) is 1.61. The lowest BCUT2D eigenvalue weighted by atomic mass is 10.2. The van der Waals surface area contributed by atoms with Gasteiger partial charge in [0.1, 0.15) is 10.6 Å². The molecule has 0 bridgehead atoms. The number of nitrogens with two attached hydrogens (primary N) is 1. The van der Waals surface area contributed by atoms with E-state index in [0.717, 1.165) is 11.8 Å². The molecule has 10 heteroatoms. The molecule has 0 fully saturated rings. The van der Waals surface area contributed by atoms with Crippen molar-refractivity contribution in [3.05, 3.63) is 57.4 Å². The van der Waals surface area contributed by atoms with E-state index in [1.807, 2.05) is 0 Å². The van der Waals surface area contributed by atoms with E-state index in [2.05, 4.69) is 20.9 Å². The number of amides is 1. The fourth-order valence-corrected chi connectivity index (χ4v) is 4.37. The van der Waals surface area contributed by atoms with Crippen molar-refractivity contribution in [2.45, 2.75) is 4.90 Å².